The molecule has 1 aliphatic rings. The number of amides is 1. The van der Waals surface area contributed by atoms with Crippen LogP contribution < -0.4 is 0 Å². The van der Waals surface area contributed by atoms with E-state index in [-0.39, 0.29) is 37.0 Å². The molecule has 2 aromatic rings. The number of benzene rings is 1. The van der Waals surface area contributed by atoms with Crippen LogP contribution in [0.2, 0.25) is 5.02 Å². The highest BCUT2D eigenvalue weighted by Crippen LogP contribution is 2.37. The third-order valence-corrected chi connectivity index (χ3v) is 5.68. The Labute approximate surface area is 188 Å². The van der Waals surface area contributed by atoms with Crippen LogP contribution in [-0.2, 0) is 14.4 Å². The average molecular weight is 483 g/mol. The highest BCUT2D eigenvalue weighted by molar-refractivity contribution is 8.26. The number of halogens is 1. The predicted octanol–water partition coefficient (Wildman–Crippen LogP) is 3.64. The van der Waals surface area contributed by atoms with Gasteiger partial charge < -0.3 is 14.6 Å². The molecular formula is C18H11ClN2O8S2. The monoisotopic (exact) mass is 482 g/mol. The second-order valence-corrected chi connectivity index (χ2v) is 8.24. The van der Waals surface area contributed by atoms with Gasteiger partial charge in [0.05, 0.1) is 21.8 Å². The summed E-state index contributed by atoms with van der Waals surface area (Å²) >= 11 is 11.7. The molecule has 1 aliphatic heterocycles. The minimum atomic E-state index is -1.65. The Morgan fingerprint density at radius 1 is 1.32 bits per heavy atom. The third kappa shape index (κ3) is 4.76. The lowest BCUT2D eigenvalue weighted by Crippen LogP contribution is -2.45. The zero-order valence-corrected chi connectivity index (χ0v) is 17.6. The number of nitro groups is 1. The van der Waals surface area contributed by atoms with E-state index in [9.17, 15) is 29.6 Å². The summed E-state index contributed by atoms with van der Waals surface area (Å²) in [5, 5.41) is 29.7. The molecule has 1 amide bonds. The first-order valence-electron chi connectivity index (χ1n) is 8.34. The molecule has 1 aromatic carbocycles. The molecule has 2 heterocycles. The Morgan fingerprint density at radius 2 is 2.03 bits per heavy atom. The number of carbonyl (C=O) groups is 3. The lowest BCUT2D eigenvalue weighted by atomic mass is 10.1. The molecule has 160 valence electrons. The number of carboxylic acids is 2. The summed E-state index contributed by atoms with van der Waals surface area (Å²) < 4.78 is 5.49. The van der Waals surface area contributed by atoms with Gasteiger partial charge in [0.15, 0.2) is 0 Å². The Bertz CT molecular complexity index is 1160. The van der Waals surface area contributed by atoms with Crippen molar-refractivity contribution in [3.63, 3.8) is 0 Å². The number of nitro benzene ring substituents is 1. The lowest BCUT2D eigenvalue weighted by molar-refractivity contribution is -0.384. The topological polar surface area (TPSA) is 151 Å². The number of hydrogen-bond donors (Lipinski definition) is 2. The van der Waals surface area contributed by atoms with E-state index in [1.165, 1.54) is 36.4 Å². The molecule has 0 radical (unpaired) electrons. The van der Waals surface area contributed by atoms with Gasteiger partial charge in [-0.1, -0.05) is 35.6 Å². The Hall–Kier alpha value is -3.22. The van der Waals surface area contributed by atoms with Crippen molar-refractivity contribution in [3.05, 3.63) is 56.1 Å². The first-order valence-corrected chi connectivity index (χ1v) is 9.94. The van der Waals surface area contributed by atoms with E-state index < -0.39 is 35.2 Å². The fourth-order valence-electron chi connectivity index (χ4n) is 2.77. The number of thioether (sulfide) groups is 1. The van der Waals surface area contributed by atoms with Crippen LogP contribution in [0.5, 0.6) is 0 Å². The van der Waals surface area contributed by atoms with Crippen molar-refractivity contribution in [1.29, 1.82) is 0 Å². The molecule has 1 saturated heterocycles. The summed E-state index contributed by atoms with van der Waals surface area (Å²) in [6, 6.07) is 5.34. The van der Waals surface area contributed by atoms with Crippen LogP contribution in [0.4, 0.5) is 5.69 Å². The molecule has 0 aliphatic carbocycles. The molecule has 31 heavy (non-hydrogen) atoms. The molecular weight excluding hydrogens is 472 g/mol. The second kappa shape index (κ2) is 8.88. The first-order chi connectivity index (χ1) is 14.6. The fraction of sp³-hybridized carbons (Fsp3) is 0.111. The molecule has 1 aromatic heterocycles. The van der Waals surface area contributed by atoms with Crippen LogP contribution >= 0.6 is 35.6 Å². The number of furan rings is 1. The zero-order valence-electron chi connectivity index (χ0n) is 15.2. The van der Waals surface area contributed by atoms with Crippen molar-refractivity contribution in [2.24, 2.45) is 0 Å². The summed E-state index contributed by atoms with van der Waals surface area (Å²) in [7, 11) is 0. The summed E-state index contributed by atoms with van der Waals surface area (Å²) in [6.07, 6.45) is 0.477. The summed E-state index contributed by atoms with van der Waals surface area (Å²) in [5.41, 5.74) is -0.0910. The highest BCUT2D eigenvalue weighted by Gasteiger charge is 2.41. The molecule has 0 saturated carbocycles. The lowest BCUT2D eigenvalue weighted by Gasteiger charge is -2.21. The predicted molar refractivity (Wildman–Crippen MR) is 114 cm³/mol. The minimum absolute atomic E-state index is 0.0214. The van der Waals surface area contributed by atoms with Crippen LogP contribution in [0.25, 0.3) is 17.4 Å². The Morgan fingerprint density at radius 3 is 2.65 bits per heavy atom. The maximum absolute atomic E-state index is 12.7. The summed E-state index contributed by atoms with van der Waals surface area (Å²) in [6.45, 7) is 0. The largest absolute Gasteiger partial charge is 0.481 e. The SMILES string of the molecule is O=C(O)C[C@@H](C(=O)O)N1C(=O)/C(=C\c2ccc(-c3ccc(Cl)cc3[N+](=O)[O-])o2)SC1=S. The summed E-state index contributed by atoms with van der Waals surface area (Å²) in [5.74, 6) is -3.37. The highest BCUT2D eigenvalue weighted by atomic mass is 35.5. The van der Waals surface area contributed by atoms with Crippen LogP contribution in [-0.4, -0.2) is 48.2 Å². The van der Waals surface area contributed by atoms with Crippen LogP contribution in [0.1, 0.15) is 12.2 Å². The molecule has 10 nitrogen and oxygen atoms in total. The van der Waals surface area contributed by atoms with Gasteiger partial charge in [0.25, 0.3) is 11.6 Å². The minimum Gasteiger partial charge on any atom is -0.481 e. The van der Waals surface area contributed by atoms with Gasteiger partial charge in [0.2, 0.25) is 0 Å². The van der Waals surface area contributed by atoms with Gasteiger partial charge in [-0.3, -0.25) is 24.6 Å². The number of carbonyl (C=O) groups excluding carboxylic acids is 1. The van der Waals surface area contributed by atoms with Crippen LogP contribution in [0.3, 0.4) is 0 Å². The van der Waals surface area contributed by atoms with Crippen molar-refractivity contribution >= 4 is 69.5 Å². The zero-order chi connectivity index (χ0) is 22.9. The van der Waals surface area contributed by atoms with Crippen LogP contribution in [0, 0.1) is 10.1 Å². The van der Waals surface area contributed by atoms with Crippen molar-refractivity contribution in [2.45, 2.75) is 12.5 Å². The standard InChI is InChI=1S/C18H11ClN2O8S2/c19-8-1-3-10(11(5-8)21(27)28)13-4-2-9(29-13)6-14-16(24)20(18(30)31-14)12(17(25)26)7-15(22)23/h1-6,12H,7H2,(H,22,23)(H,25,26)/b14-6+/t12-/m0/s1. The molecule has 3 rings (SSSR count). The molecule has 0 spiro atoms. The molecule has 1 fully saturated rings. The maximum Gasteiger partial charge on any atom is 0.327 e. The van der Waals surface area contributed by atoms with E-state index in [2.05, 4.69) is 0 Å². The van der Waals surface area contributed by atoms with E-state index in [4.69, 9.17) is 33.3 Å². The number of carboxylic acid groups (broad SMARTS) is 2. The first kappa shape index (κ1) is 22.5. The number of thiocarbonyl (C=S) groups is 1. The van der Waals surface area contributed by atoms with Crippen molar-refractivity contribution in [3.8, 4) is 11.3 Å². The van der Waals surface area contributed by atoms with Crippen molar-refractivity contribution in [2.75, 3.05) is 0 Å². The average Bonchev–Trinajstić information content (AvgIpc) is 3.24. The van der Waals surface area contributed by atoms with Gasteiger partial charge in [0, 0.05) is 17.2 Å². The van der Waals surface area contributed by atoms with Crippen molar-refractivity contribution in [1.82, 2.24) is 4.90 Å². The van der Waals surface area contributed by atoms with E-state index in [1.54, 1.807) is 0 Å². The Balaban J connectivity index is 1.91. The van der Waals surface area contributed by atoms with Gasteiger partial charge in [-0.15, -0.1) is 0 Å². The van der Waals surface area contributed by atoms with E-state index in [1.807, 2.05) is 0 Å². The fourth-order valence-corrected chi connectivity index (χ4v) is 4.27. The molecule has 1 atom stereocenters. The molecule has 13 heteroatoms. The molecule has 0 unspecified atom stereocenters. The van der Waals surface area contributed by atoms with Gasteiger partial charge in [0.1, 0.15) is 21.9 Å². The quantitative estimate of drug-likeness (QED) is 0.259. The number of hydrogen-bond acceptors (Lipinski definition) is 8. The number of aliphatic carboxylic acids is 2. The normalized spacial score (nSPS) is 16.0. The van der Waals surface area contributed by atoms with Gasteiger partial charge >= 0.3 is 11.9 Å². The Kier molecular flexibility index (Phi) is 6.43. The van der Waals surface area contributed by atoms with Crippen LogP contribution in [0.15, 0.2) is 39.7 Å². The maximum atomic E-state index is 12.7. The third-order valence-electron chi connectivity index (χ3n) is 4.11. The van der Waals surface area contributed by atoms with E-state index in [0.29, 0.717) is 0 Å². The number of rotatable bonds is 7. The van der Waals surface area contributed by atoms with Gasteiger partial charge in [-0.25, -0.2) is 4.79 Å². The van der Waals surface area contributed by atoms with Gasteiger partial charge in [-0.2, -0.15) is 0 Å². The van der Waals surface area contributed by atoms with Gasteiger partial charge in [-0.05, 0) is 24.3 Å². The second-order valence-electron chi connectivity index (χ2n) is 6.12. The molecule has 2 N–H and O–H groups in total. The number of nitrogens with zero attached hydrogens (tertiary/aromatic N) is 2. The van der Waals surface area contributed by atoms with E-state index in [0.717, 1.165) is 16.7 Å². The molecule has 0 bridgehead atoms. The smallest absolute Gasteiger partial charge is 0.327 e. The van der Waals surface area contributed by atoms with Crippen molar-refractivity contribution < 1.29 is 33.9 Å². The summed E-state index contributed by atoms with van der Waals surface area (Å²) in [4.78, 5) is 46.5. The van der Waals surface area contributed by atoms with E-state index >= 15 is 0 Å².